The normalized spacial score (nSPS) is 21.4. The van der Waals surface area contributed by atoms with Gasteiger partial charge in [0.15, 0.2) is 5.82 Å². The maximum absolute atomic E-state index is 13.5. The molecular formula is C24H27FN8O. The summed E-state index contributed by atoms with van der Waals surface area (Å²) in [6.07, 6.45) is 3.64. The summed E-state index contributed by atoms with van der Waals surface area (Å²) >= 11 is 0. The van der Waals surface area contributed by atoms with Crippen LogP contribution in [0.5, 0.6) is 0 Å². The number of anilines is 2. The second kappa shape index (κ2) is 8.12. The molecule has 6 rings (SSSR count). The Morgan fingerprint density at radius 2 is 2.06 bits per heavy atom. The molecule has 0 aliphatic carbocycles. The van der Waals surface area contributed by atoms with Crippen LogP contribution < -0.4 is 15.5 Å². The van der Waals surface area contributed by atoms with Gasteiger partial charge in [0.05, 0.1) is 23.8 Å². The Kier molecular flexibility index (Phi) is 5.05. The molecule has 2 N–H and O–H groups in total. The van der Waals surface area contributed by atoms with Crippen LogP contribution in [0.1, 0.15) is 59.7 Å². The fourth-order valence-electron chi connectivity index (χ4n) is 5.45. The zero-order valence-electron chi connectivity index (χ0n) is 19.1. The monoisotopic (exact) mass is 462 g/mol. The highest BCUT2D eigenvalue weighted by Gasteiger charge is 2.35. The molecule has 34 heavy (non-hydrogen) atoms. The number of carbonyl (C=O) groups is 1. The highest BCUT2D eigenvalue weighted by Crippen LogP contribution is 2.35. The number of nitrogens with two attached hydrogens (primary N) is 1. The number of halogens is 1. The van der Waals surface area contributed by atoms with Gasteiger partial charge in [0.1, 0.15) is 29.8 Å². The molecule has 0 bridgehead atoms. The second-order valence-electron chi connectivity index (χ2n) is 9.27. The molecule has 9 nitrogen and oxygen atoms in total. The van der Waals surface area contributed by atoms with E-state index in [0.717, 1.165) is 42.3 Å². The van der Waals surface area contributed by atoms with Gasteiger partial charge in [0.25, 0.3) is 5.91 Å². The Bertz CT molecular complexity index is 1270. The first kappa shape index (κ1) is 21.2. The third-order valence-electron chi connectivity index (χ3n) is 7.28. The highest BCUT2D eigenvalue weighted by molar-refractivity contribution is 6.10. The SMILES string of the molecule is C[C@@H]1CCCN1c1cc2c(c(CN)n1)CN(c1cccc(-c3nnc4n3[C@@H](CF)CC4)n1)C2=O. The van der Waals surface area contributed by atoms with E-state index in [1.165, 1.54) is 0 Å². The summed E-state index contributed by atoms with van der Waals surface area (Å²) < 4.78 is 15.4. The van der Waals surface area contributed by atoms with Crippen molar-refractivity contribution in [3.63, 3.8) is 0 Å². The Morgan fingerprint density at radius 3 is 2.82 bits per heavy atom. The third-order valence-corrected chi connectivity index (χ3v) is 7.28. The number of carbonyl (C=O) groups excluding carboxylic acids is 1. The molecule has 0 unspecified atom stereocenters. The first-order chi connectivity index (χ1) is 16.6. The molecule has 3 aromatic heterocycles. The lowest BCUT2D eigenvalue weighted by Gasteiger charge is -2.23. The molecule has 2 atom stereocenters. The van der Waals surface area contributed by atoms with Gasteiger partial charge in [0.2, 0.25) is 0 Å². The van der Waals surface area contributed by atoms with Gasteiger partial charge >= 0.3 is 0 Å². The predicted octanol–water partition coefficient (Wildman–Crippen LogP) is 2.80. The second-order valence-corrected chi connectivity index (χ2v) is 9.27. The van der Waals surface area contributed by atoms with Gasteiger partial charge in [-0.05, 0) is 44.4 Å². The minimum absolute atomic E-state index is 0.113. The summed E-state index contributed by atoms with van der Waals surface area (Å²) in [6.45, 7) is 3.28. The van der Waals surface area contributed by atoms with Crippen LogP contribution in [-0.4, -0.2) is 49.9 Å². The molecule has 176 valence electrons. The Labute approximate surface area is 196 Å². The molecule has 0 aromatic carbocycles. The lowest BCUT2D eigenvalue weighted by atomic mass is 10.1. The molecule has 1 saturated heterocycles. The number of aromatic nitrogens is 5. The molecular weight excluding hydrogens is 435 g/mol. The van der Waals surface area contributed by atoms with Crippen molar-refractivity contribution in [3.05, 3.63) is 46.9 Å². The van der Waals surface area contributed by atoms with Crippen molar-refractivity contribution < 1.29 is 9.18 Å². The quantitative estimate of drug-likeness (QED) is 0.621. The lowest BCUT2D eigenvalue weighted by Crippen LogP contribution is -2.28. The number of aryl methyl sites for hydroxylation is 1. The van der Waals surface area contributed by atoms with E-state index in [1.54, 1.807) is 11.0 Å². The van der Waals surface area contributed by atoms with E-state index in [0.29, 0.717) is 48.3 Å². The Morgan fingerprint density at radius 1 is 1.18 bits per heavy atom. The summed E-state index contributed by atoms with van der Waals surface area (Å²) in [5, 5.41) is 8.49. The van der Waals surface area contributed by atoms with E-state index in [9.17, 15) is 9.18 Å². The number of hydrogen-bond acceptors (Lipinski definition) is 7. The van der Waals surface area contributed by atoms with Crippen LogP contribution in [0.25, 0.3) is 11.5 Å². The van der Waals surface area contributed by atoms with E-state index in [2.05, 4.69) is 22.0 Å². The van der Waals surface area contributed by atoms with Crippen LogP contribution >= 0.6 is 0 Å². The third kappa shape index (κ3) is 3.19. The van der Waals surface area contributed by atoms with Gasteiger partial charge in [-0.1, -0.05) is 6.07 Å². The molecule has 3 aliphatic heterocycles. The fourth-order valence-corrected chi connectivity index (χ4v) is 5.45. The van der Waals surface area contributed by atoms with Crippen molar-refractivity contribution >= 4 is 17.5 Å². The van der Waals surface area contributed by atoms with Crippen molar-refractivity contribution in [2.24, 2.45) is 5.73 Å². The fraction of sp³-hybridized carbons (Fsp3) is 0.458. The predicted molar refractivity (Wildman–Crippen MR) is 125 cm³/mol. The number of rotatable bonds is 5. The molecule has 0 spiro atoms. The largest absolute Gasteiger partial charge is 0.354 e. The zero-order valence-corrected chi connectivity index (χ0v) is 19.1. The average molecular weight is 463 g/mol. The summed E-state index contributed by atoms with van der Waals surface area (Å²) in [5.41, 5.74) is 8.86. The van der Waals surface area contributed by atoms with E-state index in [-0.39, 0.29) is 18.5 Å². The molecule has 0 radical (unpaired) electrons. The maximum Gasteiger partial charge on any atom is 0.260 e. The van der Waals surface area contributed by atoms with Gasteiger partial charge in [0, 0.05) is 31.1 Å². The molecule has 1 fully saturated rings. The minimum atomic E-state index is -0.468. The molecule has 6 heterocycles. The molecule has 3 aliphatic rings. The number of fused-ring (bicyclic) bond motifs is 2. The Hall–Kier alpha value is -3.40. The van der Waals surface area contributed by atoms with E-state index in [1.807, 2.05) is 22.8 Å². The van der Waals surface area contributed by atoms with Crippen LogP contribution in [0.3, 0.4) is 0 Å². The van der Waals surface area contributed by atoms with Crippen molar-refractivity contribution in [3.8, 4) is 11.5 Å². The van der Waals surface area contributed by atoms with E-state index >= 15 is 0 Å². The first-order valence-electron chi connectivity index (χ1n) is 11.9. The average Bonchev–Trinajstić information content (AvgIpc) is 3.63. The molecule has 1 amide bonds. The summed E-state index contributed by atoms with van der Waals surface area (Å²) in [6, 6.07) is 7.49. The van der Waals surface area contributed by atoms with Crippen molar-refractivity contribution in [2.75, 3.05) is 23.0 Å². The van der Waals surface area contributed by atoms with Crippen molar-refractivity contribution in [1.29, 1.82) is 0 Å². The topological polar surface area (TPSA) is 106 Å². The number of hydrogen-bond donors (Lipinski definition) is 1. The number of nitrogens with zero attached hydrogens (tertiary/aromatic N) is 7. The lowest BCUT2D eigenvalue weighted by molar-refractivity contribution is 0.0996. The van der Waals surface area contributed by atoms with Gasteiger partial charge in [-0.2, -0.15) is 0 Å². The van der Waals surface area contributed by atoms with Crippen LogP contribution in [0.2, 0.25) is 0 Å². The molecule has 3 aromatic rings. The first-order valence-corrected chi connectivity index (χ1v) is 11.9. The van der Waals surface area contributed by atoms with Gasteiger partial charge in [-0.25, -0.2) is 14.4 Å². The highest BCUT2D eigenvalue weighted by atomic mass is 19.1. The maximum atomic E-state index is 13.5. The smallest absolute Gasteiger partial charge is 0.260 e. The van der Waals surface area contributed by atoms with Crippen LogP contribution in [0, 0.1) is 0 Å². The summed E-state index contributed by atoms with van der Waals surface area (Å²) in [5.74, 6) is 2.54. The van der Waals surface area contributed by atoms with Gasteiger partial charge in [-0.15, -0.1) is 10.2 Å². The zero-order chi connectivity index (χ0) is 23.4. The Balaban J connectivity index is 1.35. The van der Waals surface area contributed by atoms with E-state index < -0.39 is 6.67 Å². The van der Waals surface area contributed by atoms with Gasteiger partial charge < -0.3 is 15.2 Å². The van der Waals surface area contributed by atoms with E-state index in [4.69, 9.17) is 15.7 Å². The van der Waals surface area contributed by atoms with Crippen molar-refractivity contribution in [2.45, 2.75) is 57.8 Å². The standard InChI is InChI=1S/C24H27FN8O/c1-14-4-3-9-31(14)22-10-16-17(19(12-26)28-22)13-32(24(16)34)20-6-2-5-18(27-20)23-30-29-21-8-7-15(11-25)33(21)23/h2,5-6,10,14-15H,3-4,7-9,11-13,26H2,1H3/t14-,15-/m1/s1. The van der Waals surface area contributed by atoms with Crippen molar-refractivity contribution in [1.82, 2.24) is 24.7 Å². The van der Waals surface area contributed by atoms with Gasteiger partial charge in [-0.3, -0.25) is 9.69 Å². The number of pyridine rings is 2. The molecule has 10 heteroatoms. The number of amides is 1. The summed E-state index contributed by atoms with van der Waals surface area (Å²) in [7, 11) is 0. The van der Waals surface area contributed by atoms with Crippen LogP contribution in [0.15, 0.2) is 24.3 Å². The van der Waals surface area contributed by atoms with Crippen LogP contribution in [0.4, 0.5) is 16.0 Å². The van der Waals surface area contributed by atoms with Crippen LogP contribution in [-0.2, 0) is 19.5 Å². The summed E-state index contributed by atoms with van der Waals surface area (Å²) in [4.78, 5) is 27.0. The minimum Gasteiger partial charge on any atom is -0.354 e. The number of alkyl halides is 1. The molecule has 0 saturated carbocycles.